The first-order valence-corrected chi connectivity index (χ1v) is 10.3. The Labute approximate surface area is 157 Å². The van der Waals surface area contributed by atoms with Crippen molar-refractivity contribution in [3.05, 3.63) is 23.3 Å². The van der Waals surface area contributed by atoms with E-state index in [-0.39, 0.29) is 28.5 Å². The van der Waals surface area contributed by atoms with Crippen LogP contribution in [-0.2, 0) is 14.3 Å². The fraction of sp³-hybridized carbons (Fsp3) is 0.739. The second kappa shape index (κ2) is 6.07. The van der Waals surface area contributed by atoms with E-state index in [2.05, 4.69) is 26.0 Å². The summed E-state index contributed by atoms with van der Waals surface area (Å²) in [5, 5.41) is 0. The van der Waals surface area contributed by atoms with E-state index in [1.165, 1.54) is 19.1 Å². The molecule has 0 saturated heterocycles. The second-order valence-electron chi connectivity index (χ2n) is 9.59. The highest BCUT2D eigenvalue weighted by Gasteiger charge is 2.57. The zero-order valence-electron chi connectivity index (χ0n) is 16.6. The fourth-order valence-electron chi connectivity index (χ4n) is 7.14. The van der Waals surface area contributed by atoms with Gasteiger partial charge in [-0.05, 0) is 86.0 Å². The van der Waals surface area contributed by atoms with Crippen LogP contribution in [0.4, 0.5) is 0 Å². The fourth-order valence-corrected chi connectivity index (χ4v) is 7.14. The normalized spacial score (nSPS) is 44.2. The third-order valence-corrected chi connectivity index (χ3v) is 8.60. The van der Waals surface area contributed by atoms with Gasteiger partial charge in [-0.15, -0.1) is 0 Å². The van der Waals surface area contributed by atoms with E-state index >= 15 is 0 Å². The minimum atomic E-state index is -0.0441. The predicted molar refractivity (Wildman–Crippen MR) is 101 cm³/mol. The van der Waals surface area contributed by atoms with Crippen LogP contribution in [0.3, 0.4) is 0 Å². The van der Waals surface area contributed by atoms with Crippen molar-refractivity contribution in [1.82, 2.24) is 0 Å². The molecule has 6 atom stereocenters. The molecule has 6 unspecified atom stereocenters. The number of carbonyl (C=O) groups is 2. The molecule has 0 spiro atoms. The van der Waals surface area contributed by atoms with Crippen LogP contribution in [-0.4, -0.2) is 18.9 Å². The summed E-state index contributed by atoms with van der Waals surface area (Å²) in [5.41, 5.74) is 2.91. The minimum absolute atomic E-state index is 0.0437. The van der Waals surface area contributed by atoms with Crippen LogP contribution in [0.5, 0.6) is 0 Å². The van der Waals surface area contributed by atoms with Crippen LogP contribution >= 0.6 is 0 Å². The van der Waals surface area contributed by atoms with Gasteiger partial charge in [0.15, 0.2) is 5.78 Å². The molecule has 3 heteroatoms. The molecule has 2 fully saturated rings. The van der Waals surface area contributed by atoms with Crippen molar-refractivity contribution >= 4 is 11.8 Å². The summed E-state index contributed by atoms with van der Waals surface area (Å²) in [6.45, 7) is 6.52. The Kier molecular flexibility index (Phi) is 4.20. The van der Waals surface area contributed by atoms with Gasteiger partial charge < -0.3 is 4.74 Å². The molecule has 3 nitrogen and oxygen atoms in total. The Balaban J connectivity index is 1.61. The molecule has 0 bridgehead atoms. The first-order valence-electron chi connectivity index (χ1n) is 10.3. The van der Waals surface area contributed by atoms with Gasteiger partial charge in [-0.2, -0.15) is 0 Å². The topological polar surface area (TPSA) is 43.4 Å². The number of allylic oxidation sites excluding steroid dienone is 4. The van der Waals surface area contributed by atoms with Crippen LogP contribution in [0.2, 0.25) is 0 Å². The number of esters is 1. The van der Waals surface area contributed by atoms with Gasteiger partial charge in [0.2, 0.25) is 0 Å². The van der Waals surface area contributed by atoms with Crippen LogP contribution in [0.15, 0.2) is 23.3 Å². The lowest BCUT2D eigenvalue weighted by Gasteiger charge is -2.57. The minimum Gasteiger partial charge on any atom is -0.469 e. The third kappa shape index (κ3) is 2.38. The number of hydrogen-bond acceptors (Lipinski definition) is 3. The Morgan fingerprint density at radius 1 is 1.04 bits per heavy atom. The Morgan fingerprint density at radius 2 is 1.77 bits per heavy atom. The molecule has 0 aromatic rings. The second-order valence-corrected chi connectivity index (χ2v) is 9.59. The number of ether oxygens (including phenoxy) is 1. The maximum atomic E-state index is 12.2. The van der Waals surface area contributed by atoms with Crippen molar-refractivity contribution in [3.8, 4) is 0 Å². The zero-order chi connectivity index (χ0) is 18.7. The van der Waals surface area contributed by atoms with Crippen LogP contribution in [0, 0.1) is 34.5 Å². The van der Waals surface area contributed by atoms with Gasteiger partial charge in [0, 0.05) is 0 Å². The zero-order valence-corrected chi connectivity index (χ0v) is 16.6. The van der Waals surface area contributed by atoms with Crippen molar-refractivity contribution in [2.24, 2.45) is 34.5 Å². The maximum Gasteiger partial charge on any atom is 0.308 e. The average molecular weight is 357 g/mol. The monoisotopic (exact) mass is 356 g/mol. The summed E-state index contributed by atoms with van der Waals surface area (Å²) in [6.07, 6.45) is 12.1. The quantitative estimate of drug-likeness (QED) is 0.524. The molecule has 0 aromatic carbocycles. The predicted octanol–water partition coefficient (Wildman–Crippen LogP) is 4.86. The summed E-state index contributed by atoms with van der Waals surface area (Å²) in [6, 6.07) is 0. The van der Waals surface area contributed by atoms with E-state index < -0.39 is 0 Å². The average Bonchev–Trinajstić information content (AvgIpc) is 2.97. The van der Waals surface area contributed by atoms with Gasteiger partial charge in [-0.3, -0.25) is 9.59 Å². The van der Waals surface area contributed by atoms with Gasteiger partial charge in [0.25, 0.3) is 0 Å². The van der Waals surface area contributed by atoms with Gasteiger partial charge in [-0.1, -0.05) is 31.6 Å². The molecule has 4 rings (SSSR count). The van der Waals surface area contributed by atoms with Gasteiger partial charge in [0.1, 0.15) is 0 Å². The molecule has 26 heavy (non-hydrogen) atoms. The lowest BCUT2D eigenvalue weighted by atomic mass is 9.47. The molecule has 0 aromatic heterocycles. The molecule has 0 heterocycles. The Morgan fingerprint density at radius 3 is 2.46 bits per heavy atom. The molecular weight excluding hydrogens is 324 g/mol. The van der Waals surface area contributed by atoms with Crippen molar-refractivity contribution in [2.75, 3.05) is 7.11 Å². The third-order valence-electron chi connectivity index (χ3n) is 8.60. The van der Waals surface area contributed by atoms with E-state index in [4.69, 9.17) is 4.74 Å². The number of Topliss-reactive ketones (excluding diaryl/α,β-unsaturated/α-hetero) is 1. The molecule has 0 aliphatic heterocycles. The van der Waals surface area contributed by atoms with Gasteiger partial charge >= 0.3 is 5.97 Å². The number of carbonyl (C=O) groups excluding carboxylic acids is 2. The smallest absolute Gasteiger partial charge is 0.308 e. The van der Waals surface area contributed by atoms with E-state index in [0.717, 1.165) is 44.1 Å². The van der Waals surface area contributed by atoms with Gasteiger partial charge in [-0.25, -0.2) is 0 Å². The molecular formula is C23H32O3. The lowest BCUT2D eigenvalue weighted by Crippen LogP contribution is -2.50. The highest BCUT2D eigenvalue weighted by molar-refractivity contribution is 5.95. The Bertz CT molecular complexity index is 702. The highest BCUT2D eigenvalue weighted by Crippen LogP contribution is 2.65. The first kappa shape index (κ1) is 18.0. The van der Waals surface area contributed by atoms with Crippen molar-refractivity contribution in [1.29, 1.82) is 0 Å². The number of methoxy groups -OCH3 is 1. The number of hydrogen-bond donors (Lipinski definition) is 0. The number of rotatable bonds is 2. The largest absolute Gasteiger partial charge is 0.469 e. The molecule has 0 amide bonds. The van der Waals surface area contributed by atoms with Gasteiger partial charge in [0.05, 0.1) is 13.0 Å². The Hall–Kier alpha value is -1.38. The molecule has 0 radical (unpaired) electrons. The summed E-state index contributed by atoms with van der Waals surface area (Å²) in [5.74, 6) is 2.24. The van der Waals surface area contributed by atoms with Crippen molar-refractivity contribution in [2.45, 2.75) is 65.7 Å². The summed E-state index contributed by atoms with van der Waals surface area (Å²) in [7, 11) is 1.50. The number of ketones is 1. The lowest BCUT2D eigenvalue weighted by molar-refractivity contribution is -0.147. The standard InChI is InChI=1S/C23H32O3/c1-14(24)18-7-8-19-17-6-5-16-13-15(21(25)26-4)9-11-22(16,2)20(17)10-12-23(18,19)3/h5,7,15,17,19-20H,6,8-13H2,1-4H3. The van der Waals surface area contributed by atoms with Crippen molar-refractivity contribution < 1.29 is 14.3 Å². The van der Waals surface area contributed by atoms with E-state index in [0.29, 0.717) is 17.8 Å². The molecule has 2 saturated carbocycles. The van der Waals surface area contributed by atoms with E-state index in [1.54, 1.807) is 6.92 Å². The summed E-state index contributed by atoms with van der Waals surface area (Å²) >= 11 is 0. The molecule has 142 valence electrons. The van der Waals surface area contributed by atoms with Crippen molar-refractivity contribution in [3.63, 3.8) is 0 Å². The van der Waals surface area contributed by atoms with Crippen LogP contribution < -0.4 is 0 Å². The molecule has 4 aliphatic rings. The maximum absolute atomic E-state index is 12.2. The first-order chi connectivity index (χ1) is 12.3. The summed E-state index contributed by atoms with van der Waals surface area (Å²) in [4.78, 5) is 24.2. The SMILES string of the molecule is COC(=O)C1CCC2(C)C(=CCC3C2CCC2(C)C(C(C)=O)=CCC32)C1. The highest BCUT2D eigenvalue weighted by atomic mass is 16.5. The van der Waals surface area contributed by atoms with E-state index in [1.807, 2.05) is 0 Å². The van der Waals surface area contributed by atoms with E-state index in [9.17, 15) is 9.59 Å². The van der Waals surface area contributed by atoms with Crippen LogP contribution in [0.1, 0.15) is 65.7 Å². The molecule has 4 aliphatic carbocycles. The molecule has 0 N–H and O–H groups in total. The summed E-state index contributed by atoms with van der Waals surface area (Å²) < 4.78 is 5.01. The van der Waals surface area contributed by atoms with Crippen LogP contribution in [0.25, 0.3) is 0 Å². The number of fused-ring (bicyclic) bond motifs is 5.